The summed E-state index contributed by atoms with van der Waals surface area (Å²) in [6.07, 6.45) is 2.35. The standard InChI is InChI=1S/C10H17N5O/c1-4-6(2)14-9-7(8(11)16)5-13-10(12-3)15-9/h5-6H,4H2,1-3H3,(H2,11,16)(H2,12,13,14,15). The summed E-state index contributed by atoms with van der Waals surface area (Å²) in [7, 11) is 1.71. The molecule has 0 saturated carbocycles. The molecule has 88 valence electrons. The SMILES string of the molecule is CCC(C)Nc1nc(NC)ncc1C(N)=O. The number of anilines is 2. The molecule has 1 heterocycles. The van der Waals surface area contributed by atoms with E-state index >= 15 is 0 Å². The van der Waals surface area contributed by atoms with E-state index in [-0.39, 0.29) is 6.04 Å². The Bertz CT molecular complexity index is 379. The third kappa shape index (κ3) is 2.82. The number of nitrogens with two attached hydrogens (primary N) is 1. The smallest absolute Gasteiger partial charge is 0.254 e. The van der Waals surface area contributed by atoms with E-state index in [9.17, 15) is 4.79 Å². The van der Waals surface area contributed by atoms with Crippen LogP contribution in [0.25, 0.3) is 0 Å². The lowest BCUT2D eigenvalue weighted by molar-refractivity contribution is 0.100. The summed E-state index contributed by atoms with van der Waals surface area (Å²) < 4.78 is 0. The van der Waals surface area contributed by atoms with Crippen LogP contribution in [-0.4, -0.2) is 29.0 Å². The van der Waals surface area contributed by atoms with E-state index in [0.717, 1.165) is 6.42 Å². The number of nitrogens with zero attached hydrogens (tertiary/aromatic N) is 2. The number of hydrogen-bond donors (Lipinski definition) is 3. The summed E-state index contributed by atoms with van der Waals surface area (Å²) in [4.78, 5) is 19.3. The normalized spacial score (nSPS) is 11.9. The lowest BCUT2D eigenvalue weighted by atomic mass is 10.2. The Morgan fingerprint density at radius 3 is 2.81 bits per heavy atom. The first-order valence-corrected chi connectivity index (χ1v) is 5.19. The lowest BCUT2D eigenvalue weighted by Gasteiger charge is -2.14. The highest BCUT2D eigenvalue weighted by Crippen LogP contribution is 2.14. The molecule has 0 fully saturated rings. The van der Waals surface area contributed by atoms with Gasteiger partial charge in [-0.15, -0.1) is 0 Å². The molecule has 0 bridgehead atoms. The predicted octanol–water partition coefficient (Wildman–Crippen LogP) is 0.828. The molecule has 1 aromatic rings. The molecule has 1 rings (SSSR count). The van der Waals surface area contributed by atoms with Crippen LogP contribution in [0.15, 0.2) is 6.20 Å². The van der Waals surface area contributed by atoms with Gasteiger partial charge in [-0.25, -0.2) is 4.98 Å². The van der Waals surface area contributed by atoms with Gasteiger partial charge in [0.05, 0.1) is 5.56 Å². The fourth-order valence-corrected chi connectivity index (χ4v) is 1.13. The zero-order valence-corrected chi connectivity index (χ0v) is 9.74. The van der Waals surface area contributed by atoms with Crippen molar-refractivity contribution in [2.24, 2.45) is 5.73 Å². The molecule has 16 heavy (non-hydrogen) atoms. The summed E-state index contributed by atoms with van der Waals surface area (Å²) in [6.45, 7) is 4.05. The topological polar surface area (TPSA) is 92.9 Å². The fourth-order valence-electron chi connectivity index (χ4n) is 1.13. The molecule has 1 unspecified atom stereocenters. The Morgan fingerprint density at radius 1 is 1.62 bits per heavy atom. The van der Waals surface area contributed by atoms with E-state index in [0.29, 0.717) is 17.3 Å². The second-order valence-electron chi connectivity index (χ2n) is 3.52. The van der Waals surface area contributed by atoms with Gasteiger partial charge in [0.2, 0.25) is 5.95 Å². The molecule has 0 spiro atoms. The highest BCUT2D eigenvalue weighted by molar-refractivity contribution is 5.97. The third-order valence-corrected chi connectivity index (χ3v) is 2.27. The molecule has 1 aromatic heterocycles. The molecular weight excluding hydrogens is 206 g/mol. The number of primary amides is 1. The largest absolute Gasteiger partial charge is 0.367 e. The van der Waals surface area contributed by atoms with Gasteiger partial charge in [-0.3, -0.25) is 4.79 Å². The van der Waals surface area contributed by atoms with Crippen LogP contribution in [0, 0.1) is 0 Å². The highest BCUT2D eigenvalue weighted by atomic mass is 16.1. The number of hydrogen-bond acceptors (Lipinski definition) is 5. The minimum absolute atomic E-state index is 0.220. The van der Waals surface area contributed by atoms with Crippen LogP contribution in [0.2, 0.25) is 0 Å². The number of rotatable bonds is 5. The van der Waals surface area contributed by atoms with Crippen molar-refractivity contribution >= 4 is 17.7 Å². The second kappa shape index (κ2) is 5.29. The number of aromatic nitrogens is 2. The molecule has 4 N–H and O–H groups in total. The quantitative estimate of drug-likeness (QED) is 0.687. The van der Waals surface area contributed by atoms with Crippen molar-refractivity contribution in [3.63, 3.8) is 0 Å². The molecule has 0 saturated heterocycles. The lowest BCUT2D eigenvalue weighted by Crippen LogP contribution is -2.21. The summed E-state index contributed by atoms with van der Waals surface area (Å²) in [5.41, 5.74) is 5.55. The van der Waals surface area contributed by atoms with Gasteiger partial charge in [0.1, 0.15) is 5.82 Å². The molecule has 6 nitrogen and oxygen atoms in total. The van der Waals surface area contributed by atoms with E-state index in [4.69, 9.17) is 5.73 Å². The van der Waals surface area contributed by atoms with Gasteiger partial charge in [0.25, 0.3) is 5.91 Å². The van der Waals surface area contributed by atoms with Gasteiger partial charge in [-0.2, -0.15) is 4.98 Å². The molecule has 0 aromatic carbocycles. The molecular formula is C10H17N5O. The maximum atomic E-state index is 11.2. The van der Waals surface area contributed by atoms with Crippen LogP contribution in [0.4, 0.5) is 11.8 Å². The Kier molecular flexibility index (Phi) is 4.04. The fraction of sp³-hybridized carbons (Fsp3) is 0.500. The Labute approximate surface area is 94.7 Å². The maximum Gasteiger partial charge on any atom is 0.254 e. The van der Waals surface area contributed by atoms with Gasteiger partial charge in [0, 0.05) is 19.3 Å². The van der Waals surface area contributed by atoms with Crippen LogP contribution < -0.4 is 16.4 Å². The Morgan fingerprint density at radius 2 is 2.31 bits per heavy atom. The Hall–Kier alpha value is -1.85. The summed E-state index contributed by atoms with van der Waals surface area (Å²) in [5.74, 6) is 0.394. The molecule has 1 amide bonds. The highest BCUT2D eigenvalue weighted by Gasteiger charge is 2.12. The first-order chi connectivity index (χ1) is 7.58. The van der Waals surface area contributed by atoms with Crippen molar-refractivity contribution in [2.75, 3.05) is 17.7 Å². The summed E-state index contributed by atoms with van der Waals surface area (Å²) in [5, 5.41) is 5.93. The zero-order valence-electron chi connectivity index (χ0n) is 9.74. The third-order valence-electron chi connectivity index (χ3n) is 2.27. The van der Waals surface area contributed by atoms with E-state index in [2.05, 4.69) is 20.6 Å². The number of nitrogens with one attached hydrogen (secondary N) is 2. The first kappa shape index (κ1) is 12.2. The summed E-state index contributed by atoms with van der Waals surface area (Å²) in [6, 6.07) is 0.220. The minimum Gasteiger partial charge on any atom is -0.367 e. The first-order valence-electron chi connectivity index (χ1n) is 5.19. The van der Waals surface area contributed by atoms with Gasteiger partial charge < -0.3 is 16.4 Å². The van der Waals surface area contributed by atoms with Crippen LogP contribution >= 0.6 is 0 Å². The second-order valence-corrected chi connectivity index (χ2v) is 3.52. The van der Waals surface area contributed by atoms with Crippen LogP contribution in [0.3, 0.4) is 0 Å². The van der Waals surface area contributed by atoms with Gasteiger partial charge in [0.15, 0.2) is 0 Å². The number of carbonyl (C=O) groups is 1. The summed E-state index contributed by atoms with van der Waals surface area (Å²) >= 11 is 0. The van der Waals surface area contributed by atoms with Crippen LogP contribution in [0.5, 0.6) is 0 Å². The molecule has 0 radical (unpaired) electrons. The molecule has 0 aliphatic rings. The maximum absolute atomic E-state index is 11.2. The van der Waals surface area contributed by atoms with Gasteiger partial charge >= 0.3 is 0 Å². The van der Waals surface area contributed by atoms with Crippen molar-refractivity contribution in [1.82, 2.24) is 9.97 Å². The molecule has 6 heteroatoms. The van der Waals surface area contributed by atoms with Crippen LogP contribution in [0.1, 0.15) is 30.6 Å². The molecule has 0 aliphatic carbocycles. The van der Waals surface area contributed by atoms with Crippen molar-refractivity contribution in [1.29, 1.82) is 0 Å². The minimum atomic E-state index is -0.534. The molecule has 0 aliphatic heterocycles. The van der Waals surface area contributed by atoms with Gasteiger partial charge in [-0.1, -0.05) is 6.92 Å². The monoisotopic (exact) mass is 223 g/mol. The predicted molar refractivity (Wildman–Crippen MR) is 63.5 cm³/mol. The van der Waals surface area contributed by atoms with Crippen molar-refractivity contribution in [2.45, 2.75) is 26.3 Å². The van der Waals surface area contributed by atoms with Crippen molar-refractivity contribution in [3.05, 3.63) is 11.8 Å². The Balaban J connectivity index is 3.05. The number of amides is 1. The van der Waals surface area contributed by atoms with E-state index in [1.807, 2.05) is 13.8 Å². The van der Waals surface area contributed by atoms with Crippen molar-refractivity contribution < 1.29 is 4.79 Å². The van der Waals surface area contributed by atoms with E-state index in [1.165, 1.54) is 6.20 Å². The average Bonchev–Trinajstić information content (AvgIpc) is 2.28. The van der Waals surface area contributed by atoms with E-state index in [1.54, 1.807) is 7.05 Å². The van der Waals surface area contributed by atoms with Gasteiger partial charge in [-0.05, 0) is 13.3 Å². The van der Waals surface area contributed by atoms with Crippen LogP contribution in [-0.2, 0) is 0 Å². The average molecular weight is 223 g/mol. The zero-order chi connectivity index (χ0) is 12.1. The van der Waals surface area contributed by atoms with Crippen molar-refractivity contribution in [3.8, 4) is 0 Å². The molecule has 1 atom stereocenters. The van der Waals surface area contributed by atoms with E-state index < -0.39 is 5.91 Å². The number of carbonyl (C=O) groups excluding carboxylic acids is 1.